The van der Waals surface area contributed by atoms with Crippen LogP contribution in [0.15, 0.2) is 30.4 Å². The van der Waals surface area contributed by atoms with Gasteiger partial charge in [0.15, 0.2) is 23.1 Å². The maximum atomic E-state index is 15.2. The number of rotatable bonds is 6. The highest BCUT2D eigenvalue weighted by Crippen LogP contribution is 2.36. The van der Waals surface area contributed by atoms with Crippen LogP contribution in [0.3, 0.4) is 0 Å². The minimum Gasteiger partial charge on any atom is -0.481 e. The Kier molecular flexibility index (Phi) is 7.89. The van der Waals surface area contributed by atoms with Crippen molar-refractivity contribution in [3.05, 3.63) is 37.1 Å². The first-order chi connectivity index (χ1) is 15.0. The standard InChI is InChI=1S/C19H22F2N6O2S.C2H4/c1-8(18(28)29)9(2)23-15-12(21)17(30-19(3,4)5)25-16(24-15)13-11-6-10(20)7-22-14(11)27-26-13;1-2/h6-9H,1-5H3,(H,28,29)(H,22,26,27)(H,23,24,25);1-2H2. The molecule has 0 aliphatic rings. The molecular formula is C21H26F2N6O2S. The van der Waals surface area contributed by atoms with Crippen LogP contribution >= 0.6 is 11.8 Å². The van der Waals surface area contributed by atoms with Crippen molar-refractivity contribution in [1.82, 2.24) is 25.1 Å². The molecule has 3 aromatic rings. The number of nitrogens with one attached hydrogen (secondary N) is 2. The molecule has 0 amide bonds. The van der Waals surface area contributed by atoms with Gasteiger partial charge in [-0.2, -0.15) is 9.49 Å². The molecule has 0 saturated heterocycles. The van der Waals surface area contributed by atoms with Gasteiger partial charge in [0.1, 0.15) is 16.5 Å². The van der Waals surface area contributed by atoms with Crippen LogP contribution in [-0.2, 0) is 4.79 Å². The summed E-state index contributed by atoms with van der Waals surface area (Å²) in [7, 11) is 0. The van der Waals surface area contributed by atoms with Gasteiger partial charge in [0, 0.05) is 10.8 Å². The third-order valence-electron chi connectivity index (χ3n) is 4.33. The molecule has 172 valence electrons. The second-order valence-corrected chi connectivity index (χ2v) is 9.73. The lowest BCUT2D eigenvalue weighted by Crippen LogP contribution is -2.30. The van der Waals surface area contributed by atoms with E-state index in [9.17, 15) is 14.3 Å². The summed E-state index contributed by atoms with van der Waals surface area (Å²) >= 11 is 1.20. The number of aromatic nitrogens is 5. The van der Waals surface area contributed by atoms with Gasteiger partial charge in [-0.1, -0.05) is 32.5 Å². The van der Waals surface area contributed by atoms with Gasteiger partial charge in [-0.05, 0) is 19.9 Å². The van der Waals surface area contributed by atoms with Crippen LogP contribution < -0.4 is 5.32 Å². The van der Waals surface area contributed by atoms with Crippen LogP contribution in [0.5, 0.6) is 0 Å². The lowest BCUT2D eigenvalue weighted by atomic mass is 10.0. The summed E-state index contributed by atoms with van der Waals surface area (Å²) in [5, 5.41) is 19.3. The predicted octanol–water partition coefficient (Wildman–Crippen LogP) is 4.91. The maximum absolute atomic E-state index is 15.2. The molecule has 3 aromatic heterocycles. The third kappa shape index (κ3) is 5.78. The van der Waals surface area contributed by atoms with Gasteiger partial charge in [-0.3, -0.25) is 9.89 Å². The zero-order valence-corrected chi connectivity index (χ0v) is 19.3. The van der Waals surface area contributed by atoms with Gasteiger partial charge in [0.25, 0.3) is 0 Å². The quantitative estimate of drug-likeness (QED) is 0.268. The molecule has 0 aromatic carbocycles. The van der Waals surface area contributed by atoms with E-state index in [1.54, 1.807) is 6.92 Å². The van der Waals surface area contributed by atoms with E-state index >= 15 is 4.39 Å². The summed E-state index contributed by atoms with van der Waals surface area (Å²) in [6.07, 6.45) is 1.04. The molecule has 0 spiro atoms. The fourth-order valence-electron chi connectivity index (χ4n) is 2.59. The number of nitrogens with zero attached hydrogens (tertiary/aromatic N) is 4. The second kappa shape index (κ2) is 10.0. The maximum Gasteiger partial charge on any atom is 0.308 e. The molecule has 0 aliphatic carbocycles. The Balaban J connectivity index is 0.00000176. The number of aliphatic carboxylic acids is 1. The molecular weight excluding hydrogens is 438 g/mol. The lowest BCUT2D eigenvalue weighted by molar-refractivity contribution is -0.141. The number of halogens is 2. The zero-order chi connectivity index (χ0) is 24.2. The van der Waals surface area contributed by atoms with Gasteiger partial charge < -0.3 is 10.4 Å². The number of hydrogen-bond acceptors (Lipinski definition) is 7. The molecule has 0 fully saturated rings. The molecule has 2 unspecified atom stereocenters. The van der Waals surface area contributed by atoms with Gasteiger partial charge in [0.2, 0.25) is 0 Å². The zero-order valence-electron chi connectivity index (χ0n) is 18.5. The molecule has 0 bridgehead atoms. The Labute approximate surface area is 189 Å². The fraction of sp³-hybridized carbons (Fsp3) is 0.381. The summed E-state index contributed by atoms with van der Waals surface area (Å²) in [5.41, 5.74) is 0.557. The van der Waals surface area contributed by atoms with Crippen molar-refractivity contribution in [2.45, 2.75) is 50.4 Å². The van der Waals surface area contributed by atoms with E-state index < -0.39 is 29.6 Å². The number of hydrogen-bond donors (Lipinski definition) is 3. The van der Waals surface area contributed by atoms with Gasteiger partial charge in [-0.25, -0.2) is 19.3 Å². The van der Waals surface area contributed by atoms with E-state index in [2.05, 4.69) is 43.6 Å². The molecule has 3 rings (SSSR count). The molecule has 8 nitrogen and oxygen atoms in total. The highest BCUT2D eigenvalue weighted by Gasteiger charge is 2.26. The number of carboxylic acids is 1. The average molecular weight is 465 g/mol. The molecule has 0 radical (unpaired) electrons. The van der Waals surface area contributed by atoms with Crippen molar-refractivity contribution in [3.8, 4) is 11.5 Å². The predicted molar refractivity (Wildman–Crippen MR) is 122 cm³/mol. The Morgan fingerprint density at radius 3 is 2.50 bits per heavy atom. The molecule has 32 heavy (non-hydrogen) atoms. The lowest BCUT2D eigenvalue weighted by Gasteiger charge is -2.21. The first-order valence-corrected chi connectivity index (χ1v) is 10.5. The van der Waals surface area contributed by atoms with Crippen LogP contribution in [0, 0.1) is 17.6 Å². The number of aromatic amines is 1. The van der Waals surface area contributed by atoms with Crippen molar-refractivity contribution in [3.63, 3.8) is 0 Å². The third-order valence-corrected chi connectivity index (χ3v) is 5.40. The van der Waals surface area contributed by atoms with E-state index in [0.717, 1.165) is 6.20 Å². The van der Waals surface area contributed by atoms with Crippen LogP contribution in [-0.4, -0.2) is 47.0 Å². The first kappa shape index (κ1) is 25.2. The molecule has 11 heteroatoms. The number of pyridine rings is 1. The van der Waals surface area contributed by atoms with Crippen molar-refractivity contribution in [2.75, 3.05) is 5.32 Å². The highest BCUT2D eigenvalue weighted by molar-refractivity contribution is 8.00. The highest BCUT2D eigenvalue weighted by atomic mass is 32.2. The van der Waals surface area contributed by atoms with E-state index in [-0.39, 0.29) is 32.8 Å². The van der Waals surface area contributed by atoms with Crippen LogP contribution in [0.4, 0.5) is 14.6 Å². The summed E-state index contributed by atoms with van der Waals surface area (Å²) < 4.78 is 28.5. The molecule has 3 heterocycles. The number of H-pyrrole nitrogens is 1. The number of anilines is 1. The molecule has 2 atom stereocenters. The van der Waals surface area contributed by atoms with Crippen LogP contribution in [0.2, 0.25) is 0 Å². The Bertz CT molecular complexity index is 1120. The summed E-state index contributed by atoms with van der Waals surface area (Å²) in [6.45, 7) is 14.9. The monoisotopic (exact) mass is 464 g/mol. The molecule has 0 aliphatic heterocycles. The Morgan fingerprint density at radius 2 is 1.91 bits per heavy atom. The number of carbonyl (C=O) groups is 1. The summed E-state index contributed by atoms with van der Waals surface area (Å²) in [6, 6.07) is 0.636. The SMILES string of the molecule is C=C.CC(Nc1nc(-c2[nH]nc3ncc(F)cc23)nc(SC(C)(C)C)c1F)C(C)C(=O)O. The first-order valence-electron chi connectivity index (χ1n) is 9.72. The number of fused-ring (bicyclic) bond motifs is 1. The van der Waals surface area contributed by atoms with Crippen molar-refractivity contribution < 1.29 is 18.7 Å². The number of thioether (sulfide) groups is 1. The number of carboxylic acid groups (broad SMARTS) is 1. The van der Waals surface area contributed by atoms with Crippen LogP contribution in [0.1, 0.15) is 34.6 Å². The normalized spacial score (nSPS) is 13.2. The van der Waals surface area contributed by atoms with Crippen LogP contribution in [0.25, 0.3) is 22.6 Å². The second-order valence-electron chi connectivity index (χ2n) is 7.91. The van der Waals surface area contributed by atoms with E-state index in [1.165, 1.54) is 24.8 Å². The average Bonchev–Trinajstić information content (AvgIpc) is 3.13. The minimum atomic E-state index is -1.02. The molecule has 3 N–H and O–H groups in total. The Morgan fingerprint density at radius 1 is 1.25 bits per heavy atom. The van der Waals surface area contributed by atoms with Crippen molar-refractivity contribution >= 4 is 34.6 Å². The van der Waals surface area contributed by atoms with Gasteiger partial charge in [-0.15, -0.1) is 13.2 Å². The molecule has 0 saturated carbocycles. The van der Waals surface area contributed by atoms with E-state index in [1.807, 2.05) is 20.8 Å². The Hall–Kier alpha value is -3.08. The summed E-state index contributed by atoms with van der Waals surface area (Å²) in [4.78, 5) is 23.8. The topological polar surface area (TPSA) is 117 Å². The smallest absolute Gasteiger partial charge is 0.308 e. The van der Waals surface area contributed by atoms with Crippen molar-refractivity contribution in [2.24, 2.45) is 5.92 Å². The minimum absolute atomic E-state index is 0.0808. The van der Waals surface area contributed by atoms with E-state index in [0.29, 0.717) is 5.39 Å². The van der Waals surface area contributed by atoms with Crippen molar-refractivity contribution in [1.29, 1.82) is 0 Å². The fourth-order valence-corrected chi connectivity index (χ4v) is 3.49. The summed E-state index contributed by atoms with van der Waals surface area (Å²) in [5.74, 6) is -3.09. The van der Waals surface area contributed by atoms with E-state index in [4.69, 9.17) is 0 Å². The van der Waals surface area contributed by atoms with Gasteiger partial charge >= 0.3 is 5.97 Å². The van der Waals surface area contributed by atoms with Gasteiger partial charge in [0.05, 0.1) is 17.5 Å². The largest absolute Gasteiger partial charge is 0.481 e.